The third kappa shape index (κ3) is 5.83. The largest absolute Gasteiger partial charge is 0.493 e. The van der Waals surface area contributed by atoms with E-state index in [0.717, 1.165) is 56.6 Å². The van der Waals surface area contributed by atoms with Crippen molar-refractivity contribution >= 4 is 21.6 Å². The molecule has 1 aliphatic heterocycles. The number of hydrogen-bond acceptors (Lipinski definition) is 5. The van der Waals surface area contributed by atoms with Gasteiger partial charge in [0.2, 0.25) is 10.0 Å². The number of likely N-dealkylation sites (tertiary alicyclic amines) is 1. The highest BCUT2D eigenvalue weighted by atomic mass is 35.5. The summed E-state index contributed by atoms with van der Waals surface area (Å²) in [4.78, 5) is 2.69. The fourth-order valence-corrected chi connectivity index (χ4v) is 6.65. The Morgan fingerprint density at radius 2 is 1.67 bits per heavy atom. The van der Waals surface area contributed by atoms with Gasteiger partial charge in [-0.05, 0) is 80.9 Å². The van der Waals surface area contributed by atoms with Crippen molar-refractivity contribution in [3.63, 3.8) is 0 Å². The van der Waals surface area contributed by atoms with Crippen molar-refractivity contribution < 1.29 is 17.9 Å². The number of piperidine rings is 1. The highest BCUT2D eigenvalue weighted by molar-refractivity contribution is 7.89. The molecule has 2 aromatic rings. The van der Waals surface area contributed by atoms with Gasteiger partial charge < -0.3 is 9.47 Å². The zero-order valence-electron chi connectivity index (χ0n) is 19.3. The summed E-state index contributed by atoms with van der Waals surface area (Å²) in [6.45, 7) is 2.02. The van der Waals surface area contributed by atoms with Crippen molar-refractivity contribution in [1.29, 1.82) is 0 Å². The maximum absolute atomic E-state index is 13.1. The van der Waals surface area contributed by atoms with Gasteiger partial charge in [0, 0.05) is 23.2 Å². The second kappa shape index (κ2) is 10.6. The van der Waals surface area contributed by atoms with Crippen LogP contribution in [-0.4, -0.2) is 52.7 Å². The highest BCUT2D eigenvalue weighted by Gasteiger charge is 2.36. The normalized spacial score (nSPS) is 22.4. The molecule has 1 saturated heterocycles. The highest BCUT2D eigenvalue weighted by Crippen LogP contribution is 2.32. The SMILES string of the molecule is COc1ccc(S(=O)(=O)NC2CCCC2N2CCC(Cc3ccc(Cl)cc3)CC2)cc1OC. The molecular weight excluding hydrogens is 460 g/mol. The molecule has 0 radical (unpaired) electrons. The van der Waals surface area contributed by atoms with E-state index in [2.05, 4.69) is 21.8 Å². The summed E-state index contributed by atoms with van der Waals surface area (Å²) in [6.07, 6.45) is 6.27. The first-order valence-electron chi connectivity index (χ1n) is 11.6. The molecule has 33 heavy (non-hydrogen) atoms. The van der Waals surface area contributed by atoms with E-state index in [1.54, 1.807) is 12.1 Å². The number of nitrogens with one attached hydrogen (secondary N) is 1. The van der Waals surface area contributed by atoms with Crippen LogP contribution in [0.15, 0.2) is 47.4 Å². The lowest BCUT2D eigenvalue weighted by atomic mass is 9.89. The first-order valence-corrected chi connectivity index (χ1v) is 13.5. The Bertz CT molecular complexity index is 1040. The first kappa shape index (κ1) is 24.3. The van der Waals surface area contributed by atoms with E-state index >= 15 is 0 Å². The number of rotatable bonds is 8. The van der Waals surface area contributed by atoms with Gasteiger partial charge in [0.25, 0.3) is 0 Å². The van der Waals surface area contributed by atoms with Gasteiger partial charge in [0.05, 0.1) is 19.1 Å². The quantitative estimate of drug-likeness (QED) is 0.587. The van der Waals surface area contributed by atoms with Crippen molar-refractivity contribution in [1.82, 2.24) is 9.62 Å². The molecule has 6 nitrogen and oxygen atoms in total. The zero-order valence-corrected chi connectivity index (χ0v) is 20.9. The van der Waals surface area contributed by atoms with Crippen molar-refractivity contribution in [2.45, 2.75) is 55.5 Å². The summed E-state index contributed by atoms with van der Waals surface area (Å²) in [5.41, 5.74) is 1.33. The predicted molar refractivity (Wildman–Crippen MR) is 131 cm³/mol. The van der Waals surface area contributed by atoms with Gasteiger partial charge in [0.15, 0.2) is 11.5 Å². The van der Waals surface area contributed by atoms with Crippen molar-refractivity contribution in [2.75, 3.05) is 27.3 Å². The Kier molecular flexibility index (Phi) is 7.84. The van der Waals surface area contributed by atoms with Crippen LogP contribution < -0.4 is 14.2 Å². The lowest BCUT2D eigenvalue weighted by molar-refractivity contribution is 0.122. The van der Waals surface area contributed by atoms with E-state index in [-0.39, 0.29) is 17.0 Å². The van der Waals surface area contributed by atoms with Crippen LogP contribution in [0.1, 0.15) is 37.7 Å². The maximum Gasteiger partial charge on any atom is 0.241 e. The van der Waals surface area contributed by atoms with E-state index in [9.17, 15) is 8.42 Å². The third-order valence-corrected chi connectivity index (χ3v) is 8.75. The minimum atomic E-state index is -3.65. The zero-order chi connectivity index (χ0) is 23.4. The predicted octanol–water partition coefficient (Wildman–Crippen LogP) is 4.51. The molecular formula is C25H33ClN2O4S. The topological polar surface area (TPSA) is 67.9 Å². The second-order valence-corrected chi connectivity index (χ2v) is 11.2. The van der Waals surface area contributed by atoms with Crippen LogP contribution in [0.25, 0.3) is 0 Å². The van der Waals surface area contributed by atoms with Crippen LogP contribution in [0.3, 0.4) is 0 Å². The number of nitrogens with zero attached hydrogens (tertiary/aromatic N) is 1. The number of methoxy groups -OCH3 is 2. The molecule has 2 fully saturated rings. The van der Waals surface area contributed by atoms with Crippen LogP contribution in [0.4, 0.5) is 0 Å². The molecule has 1 aliphatic carbocycles. The monoisotopic (exact) mass is 492 g/mol. The van der Waals surface area contributed by atoms with Gasteiger partial charge in [-0.1, -0.05) is 30.2 Å². The maximum atomic E-state index is 13.1. The molecule has 2 unspecified atom stereocenters. The summed E-state index contributed by atoms with van der Waals surface area (Å²) in [5.74, 6) is 1.58. The average Bonchev–Trinajstić information content (AvgIpc) is 3.28. The molecule has 1 saturated carbocycles. The summed E-state index contributed by atoms with van der Waals surface area (Å²) in [7, 11) is -0.612. The number of hydrogen-bond donors (Lipinski definition) is 1. The number of sulfonamides is 1. The van der Waals surface area contributed by atoms with Crippen LogP contribution in [-0.2, 0) is 16.4 Å². The number of benzene rings is 2. The molecule has 180 valence electrons. The Morgan fingerprint density at radius 3 is 2.33 bits per heavy atom. The van der Waals surface area contributed by atoms with E-state index in [0.29, 0.717) is 17.4 Å². The molecule has 0 aromatic heterocycles. The summed E-state index contributed by atoms with van der Waals surface area (Å²) >= 11 is 6.01. The Hall–Kier alpha value is -1.80. The third-order valence-electron chi connectivity index (χ3n) is 7.01. The van der Waals surface area contributed by atoms with E-state index < -0.39 is 10.0 Å². The van der Waals surface area contributed by atoms with Gasteiger partial charge in [-0.25, -0.2) is 13.1 Å². The number of ether oxygens (including phenoxy) is 2. The molecule has 2 aliphatic rings. The van der Waals surface area contributed by atoms with Gasteiger partial charge in [-0.2, -0.15) is 0 Å². The minimum absolute atomic E-state index is 0.0732. The smallest absolute Gasteiger partial charge is 0.241 e. The Balaban J connectivity index is 1.36. The molecule has 8 heteroatoms. The molecule has 2 aromatic carbocycles. The van der Waals surface area contributed by atoms with Crippen LogP contribution in [0, 0.1) is 5.92 Å². The Morgan fingerprint density at radius 1 is 0.970 bits per heavy atom. The van der Waals surface area contributed by atoms with Gasteiger partial charge >= 0.3 is 0 Å². The summed E-state index contributed by atoms with van der Waals surface area (Å²) in [5, 5.41) is 0.774. The summed E-state index contributed by atoms with van der Waals surface area (Å²) < 4.78 is 39.8. The Labute approximate surface area is 202 Å². The molecule has 1 N–H and O–H groups in total. The van der Waals surface area contributed by atoms with Crippen LogP contribution in [0.2, 0.25) is 5.02 Å². The molecule has 0 bridgehead atoms. The molecule has 2 atom stereocenters. The number of halogens is 1. The molecule has 0 spiro atoms. The van der Waals surface area contributed by atoms with E-state index in [4.69, 9.17) is 21.1 Å². The summed E-state index contributed by atoms with van der Waals surface area (Å²) in [6, 6.07) is 13.0. The molecule has 1 heterocycles. The van der Waals surface area contributed by atoms with Gasteiger partial charge in [0.1, 0.15) is 0 Å². The molecule has 4 rings (SSSR count). The standard InChI is InChI=1S/C25H33ClN2O4S/c1-31-24-11-10-21(17-25(24)32-2)33(29,30)27-22-4-3-5-23(22)28-14-12-19(13-15-28)16-18-6-8-20(26)9-7-18/h6-11,17,19,22-23,27H,3-5,12-16H2,1-2H3. The minimum Gasteiger partial charge on any atom is -0.493 e. The van der Waals surface area contributed by atoms with Crippen LogP contribution in [0.5, 0.6) is 11.5 Å². The van der Waals surface area contributed by atoms with E-state index in [1.807, 2.05) is 12.1 Å². The van der Waals surface area contributed by atoms with Gasteiger partial charge in [-0.3, -0.25) is 4.90 Å². The van der Waals surface area contributed by atoms with Crippen LogP contribution >= 0.6 is 11.6 Å². The lowest BCUT2D eigenvalue weighted by Crippen LogP contribution is -2.51. The fraction of sp³-hybridized carbons (Fsp3) is 0.520. The first-order chi connectivity index (χ1) is 15.9. The molecule has 0 amide bonds. The fourth-order valence-electron chi connectivity index (χ4n) is 5.21. The second-order valence-electron chi connectivity index (χ2n) is 9.05. The van der Waals surface area contributed by atoms with Crippen molar-refractivity contribution in [3.05, 3.63) is 53.1 Å². The van der Waals surface area contributed by atoms with Crippen molar-refractivity contribution in [2.24, 2.45) is 5.92 Å². The average molecular weight is 493 g/mol. The lowest BCUT2D eigenvalue weighted by Gasteiger charge is -2.38. The van der Waals surface area contributed by atoms with Gasteiger partial charge in [-0.15, -0.1) is 0 Å². The van der Waals surface area contributed by atoms with Crippen molar-refractivity contribution in [3.8, 4) is 11.5 Å². The van der Waals surface area contributed by atoms with E-state index in [1.165, 1.54) is 25.8 Å².